The van der Waals surface area contributed by atoms with E-state index in [9.17, 15) is 0 Å². The van der Waals surface area contributed by atoms with E-state index in [1.807, 2.05) is 6.07 Å². The van der Waals surface area contributed by atoms with E-state index in [1.165, 1.54) is 5.56 Å². The van der Waals surface area contributed by atoms with Crippen LogP contribution in [0.1, 0.15) is 11.8 Å². The molecular weight excluding hydrogens is 198 g/mol. The van der Waals surface area contributed by atoms with Gasteiger partial charge in [-0.05, 0) is 26.5 Å². The fraction of sp³-hybridized carbons (Fsp3) is 0.455. The van der Waals surface area contributed by atoms with Crippen molar-refractivity contribution in [3.05, 3.63) is 35.9 Å². The van der Waals surface area contributed by atoms with Gasteiger partial charge in [0.25, 0.3) is 6.98 Å². The quantitative estimate of drug-likeness (QED) is 0.665. The normalized spacial score (nSPS) is 23.9. The highest BCUT2D eigenvalue weighted by atomic mass is 16.5. The van der Waals surface area contributed by atoms with Gasteiger partial charge in [-0.2, -0.15) is 0 Å². The smallest absolute Gasteiger partial charge is 0.370 e. The lowest BCUT2D eigenvalue weighted by Crippen LogP contribution is -2.60. The Hall–Kier alpha value is -0.770. The summed E-state index contributed by atoms with van der Waals surface area (Å²) in [5.41, 5.74) is 1.22. The van der Waals surface area contributed by atoms with Gasteiger partial charge in [0.05, 0.1) is 0 Å². The molecule has 1 atom stereocenters. The van der Waals surface area contributed by atoms with Crippen LogP contribution < -0.4 is 0 Å². The van der Waals surface area contributed by atoms with E-state index in [-0.39, 0.29) is 13.3 Å². The maximum atomic E-state index is 6.02. The third-order valence-electron chi connectivity index (χ3n) is 3.53. The Kier molecular flexibility index (Phi) is 3.38. The first-order valence-corrected chi connectivity index (χ1v) is 5.75. The second-order valence-corrected chi connectivity index (χ2v) is 4.46. The summed E-state index contributed by atoms with van der Waals surface area (Å²) in [7, 11) is 4.34. The van der Waals surface area contributed by atoms with E-state index >= 15 is 0 Å². The Labute approximate surface area is 98.6 Å². The van der Waals surface area contributed by atoms with E-state index in [4.69, 9.17) is 4.65 Å². The number of rotatable bonds is 1. The largest absolute Gasteiger partial charge is 0.403 e. The molecule has 1 unspecified atom stereocenters. The van der Waals surface area contributed by atoms with E-state index < -0.39 is 0 Å². The second-order valence-electron chi connectivity index (χ2n) is 4.46. The van der Waals surface area contributed by atoms with Crippen LogP contribution in [0.5, 0.6) is 0 Å². The SMILES string of the molecule is CB1OC(c2ccccc2)N(C)B(C)N1C. The molecule has 0 saturated carbocycles. The summed E-state index contributed by atoms with van der Waals surface area (Å²) < 4.78 is 8.24. The number of hydrogen-bond donors (Lipinski definition) is 0. The van der Waals surface area contributed by atoms with Gasteiger partial charge >= 0.3 is 7.05 Å². The van der Waals surface area contributed by atoms with Crippen LogP contribution in [-0.2, 0) is 4.65 Å². The van der Waals surface area contributed by atoms with Crippen molar-refractivity contribution in [1.82, 2.24) is 9.53 Å². The first kappa shape index (κ1) is 11.7. The molecule has 0 bridgehead atoms. The minimum absolute atomic E-state index is 0.0578. The van der Waals surface area contributed by atoms with E-state index in [2.05, 4.69) is 61.5 Å². The fourth-order valence-electron chi connectivity index (χ4n) is 2.10. The molecule has 1 aliphatic heterocycles. The maximum Gasteiger partial charge on any atom is 0.370 e. The molecule has 1 aromatic rings. The summed E-state index contributed by atoms with van der Waals surface area (Å²) in [6, 6.07) is 10.4. The van der Waals surface area contributed by atoms with Crippen molar-refractivity contribution in [3.63, 3.8) is 0 Å². The van der Waals surface area contributed by atoms with E-state index in [0.29, 0.717) is 6.98 Å². The molecular formula is C11H18B2N2O. The molecule has 1 saturated heterocycles. The third-order valence-corrected chi connectivity index (χ3v) is 3.53. The van der Waals surface area contributed by atoms with Crippen LogP contribution in [0, 0.1) is 0 Å². The van der Waals surface area contributed by atoms with Gasteiger partial charge < -0.3 is 14.2 Å². The second kappa shape index (κ2) is 4.62. The highest BCUT2D eigenvalue weighted by molar-refractivity contribution is 6.67. The van der Waals surface area contributed by atoms with Crippen LogP contribution in [0.25, 0.3) is 0 Å². The lowest BCUT2D eigenvalue weighted by Gasteiger charge is -2.44. The van der Waals surface area contributed by atoms with Crippen molar-refractivity contribution in [2.75, 3.05) is 14.1 Å². The molecule has 1 aliphatic rings. The molecule has 0 N–H and O–H groups in total. The van der Waals surface area contributed by atoms with Crippen molar-refractivity contribution in [1.29, 1.82) is 0 Å². The third kappa shape index (κ3) is 2.03. The van der Waals surface area contributed by atoms with Gasteiger partial charge in [-0.25, -0.2) is 0 Å². The van der Waals surface area contributed by atoms with Crippen molar-refractivity contribution in [2.24, 2.45) is 0 Å². The van der Waals surface area contributed by atoms with Gasteiger partial charge in [-0.3, -0.25) is 0 Å². The first-order chi connectivity index (χ1) is 7.61. The highest BCUT2D eigenvalue weighted by Gasteiger charge is 2.38. The summed E-state index contributed by atoms with van der Waals surface area (Å²) in [5, 5.41) is 0. The number of hydrogen-bond acceptors (Lipinski definition) is 3. The summed E-state index contributed by atoms with van der Waals surface area (Å²) in [6.07, 6.45) is 0.0578. The van der Waals surface area contributed by atoms with Gasteiger partial charge in [0.15, 0.2) is 0 Å². The van der Waals surface area contributed by atoms with Gasteiger partial charge in [0.2, 0.25) is 0 Å². The average molecular weight is 216 g/mol. The highest BCUT2D eigenvalue weighted by Crippen LogP contribution is 2.27. The van der Waals surface area contributed by atoms with Crippen LogP contribution in [0.2, 0.25) is 13.6 Å². The van der Waals surface area contributed by atoms with Gasteiger partial charge in [-0.1, -0.05) is 37.2 Å². The molecule has 16 heavy (non-hydrogen) atoms. The van der Waals surface area contributed by atoms with E-state index in [0.717, 1.165) is 0 Å². The standard InChI is InChI=1S/C11H18B2N2O/c1-12-14(3)11(16-13(2)15(12)4)10-8-6-5-7-9-10/h5-9,11H,1-4H3. The van der Waals surface area contributed by atoms with Crippen LogP contribution in [0.15, 0.2) is 30.3 Å². The molecule has 2 rings (SSSR count). The average Bonchev–Trinajstić information content (AvgIpc) is 2.32. The minimum atomic E-state index is 0.0578. The molecule has 84 valence electrons. The van der Waals surface area contributed by atoms with Crippen LogP contribution in [-0.4, -0.2) is 37.7 Å². The van der Waals surface area contributed by atoms with Crippen LogP contribution in [0.4, 0.5) is 0 Å². The summed E-state index contributed by atoms with van der Waals surface area (Å²) >= 11 is 0. The lowest BCUT2D eigenvalue weighted by atomic mass is 9.62. The molecule has 0 spiro atoms. The van der Waals surface area contributed by atoms with Gasteiger partial charge in [0, 0.05) is 0 Å². The molecule has 1 aromatic carbocycles. The predicted octanol–water partition coefficient (Wildman–Crippen LogP) is 1.81. The Balaban J connectivity index is 2.23. The summed E-state index contributed by atoms with van der Waals surface area (Å²) in [5.74, 6) is 0. The molecule has 0 aromatic heterocycles. The Morgan fingerprint density at radius 1 is 1.12 bits per heavy atom. The molecule has 1 heterocycles. The van der Waals surface area contributed by atoms with Crippen molar-refractivity contribution >= 4 is 14.0 Å². The molecule has 5 heteroatoms. The molecule has 0 aliphatic carbocycles. The van der Waals surface area contributed by atoms with Gasteiger partial charge in [-0.15, -0.1) is 0 Å². The molecule has 0 radical (unpaired) electrons. The zero-order valence-corrected chi connectivity index (χ0v) is 10.4. The fourth-order valence-corrected chi connectivity index (χ4v) is 2.10. The predicted molar refractivity (Wildman–Crippen MR) is 69.0 cm³/mol. The Morgan fingerprint density at radius 2 is 1.75 bits per heavy atom. The van der Waals surface area contributed by atoms with Gasteiger partial charge in [0.1, 0.15) is 6.23 Å². The number of benzene rings is 1. The van der Waals surface area contributed by atoms with Crippen molar-refractivity contribution in [2.45, 2.75) is 19.9 Å². The van der Waals surface area contributed by atoms with Crippen molar-refractivity contribution in [3.8, 4) is 0 Å². The molecule has 1 fully saturated rings. The Morgan fingerprint density at radius 3 is 2.38 bits per heavy atom. The molecule has 3 nitrogen and oxygen atoms in total. The van der Waals surface area contributed by atoms with E-state index in [1.54, 1.807) is 0 Å². The van der Waals surface area contributed by atoms with Crippen molar-refractivity contribution < 1.29 is 4.65 Å². The zero-order chi connectivity index (χ0) is 11.7. The minimum Gasteiger partial charge on any atom is -0.403 e. The number of nitrogens with zero attached hydrogens (tertiary/aromatic N) is 2. The zero-order valence-electron chi connectivity index (χ0n) is 10.4. The maximum absolute atomic E-state index is 6.02. The van der Waals surface area contributed by atoms with Crippen LogP contribution >= 0.6 is 0 Å². The lowest BCUT2D eigenvalue weighted by molar-refractivity contribution is 0.0674. The Bertz CT molecular complexity index is 349. The molecule has 0 amide bonds. The first-order valence-electron chi connectivity index (χ1n) is 5.75. The summed E-state index contributed by atoms with van der Waals surface area (Å²) in [4.78, 5) is 2.25. The van der Waals surface area contributed by atoms with Crippen LogP contribution in [0.3, 0.4) is 0 Å². The monoisotopic (exact) mass is 216 g/mol. The topological polar surface area (TPSA) is 15.7 Å². The summed E-state index contributed by atoms with van der Waals surface area (Å²) in [6.45, 7) is 4.68.